The number of aromatic nitrogens is 2. The first-order chi connectivity index (χ1) is 18.9. The van der Waals surface area contributed by atoms with Crippen LogP contribution in [0.4, 0.5) is 0 Å². The number of methoxy groups -OCH3 is 1. The van der Waals surface area contributed by atoms with Crippen LogP contribution in [0.25, 0.3) is 33.5 Å². The van der Waals surface area contributed by atoms with E-state index in [9.17, 15) is 4.79 Å². The van der Waals surface area contributed by atoms with E-state index < -0.39 is 0 Å². The van der Waals surface area contributed by atoms with Crippen LogP contribution < -0.4 is 19.8 Å². The number of rotatable bonds is 9. The summed E-state index contributed by atoms with van der Waals surface area (Å²) in [6, 6.07) is 17.9. The summed E-state index contributed by atoms with van der Waals surface area (Å²) in [5, 5.41) is 6.11. The van der Waals surface area contributed by atoms with E-state index in [0.29, 0.717) is 56.7 Å². The summed E-state index contributed by atoms with van der Waals surface area (Å²) in [7, 11) is 1.59. The third-order valence-electron chi connectivity index (χ3n) is 6.26. The van der Waals surface area contributed by atoms with Crippen LogP contribution >= 0.6 is 11.6 Å². The van der Waals surface area contributed by atoms with Gasteiger partial charge in [-0.1, -0.05) is 36.7 Å². The van der Waals surface area contributed by atoms with Crippen molar-refractivity contribution in [1.82, 2.24) is 9.66 Å². The molecule has 0 aliphatic carbocycles. The summed E-state index contributed by atoms with van der Waals surface area (Å²) in [6.45, 7) is 6.32. The Bertz CT molecular complexity index is 1740. The standard InChI is InChI=1S/C30H28ClN3O5/c1-5-18(3)38-28-22(31)14-19(15-26(28)37-6-2)17-32-34-29(33-23-11-8-7-10-20(23)30(34)35)27-16-21-24(36-4)12-9-13-25(21)39-27/h7-18H,5-6H2,1-4H3/t18-/m0/s1. The molecule has 0 fully saturated rings. The molecule has 200 valence electrons. The fourth-order valence-electron chi connectivity index (χ4n) is 4.16. The zero-order chi connectivity index (χ0) is 27.5. The summed E-state index contributed by atoms with van der Waals surface area (Å²) < 4.78 is 24.6. The fraction of sp³-hybridized carbons (Fsp3) is 0.233. The van der Waals surface area contributed by atoms with E-state index in [4.69, 9.17) is 35.2 Å². The number of hydrogen-bond donors (Lipinski definition) is 0. The summed E-state index contributed by atoms with van der Waals surface area (Å²) in [5.74, 6) is 2.26. The van der Waals surface area contributed by atoms with E-state index in [-0.39, 0.29) is 17.5 Å². The Morgan fingerprint density at radius 3 is 2.67 bits per heavy atom. The Morgan fingerprint density at radius 1 is 1.08 bits per heavy atom. The van der Waals surface area contributed by atoms with Crippen LogP contribution in [0.1, 0.15) is 32.8 Å². The maximum Gasteiger partial charge on any atom is 0.282 e. The molecule has 0 spiro atoms. The summed E-state index contributed by atoms with van der Waals surface area (Å²) in [4.78, 5) is 18.3. The molecule has 0 radical (unpaired) electrons. The summed E-state index contributed by atoms with van der Waals surface area (Å²) in [5.41, 5.74) is 1.42. The molecule has 5 aromatic rings. The van der Waals surface area contributed by atoms with Crippen molar-refractivity contribution in [3.05, 3.63) is 81.6 Å². The number of para-hydroxylation sites is 1. The lowest BCUT2D eigenvalue weighted by molar-refractivity contribution is 0.203. The molecule has 2 heterocycles. The van der Waals surface area contributed by atoms with Crippen molar-refractivity contribution in [1.29, 1.82) is 0 Å². The maximum atomic E-state index is 13.6. The fourth-order valence-corrected chi connectivity index (χ4v) is 4.43. The van der Waals surface area contributed by atoms with Crippen LogP contribution in [0.5, 0.6) is 17.2 Å². The Morgan fingerprint density at radius 2 is 1.90 bits per heavy atom. The van der Waals surface area contributed by atoms with Crippen LogP contribution in [0.2, 0.25) is 5.02 Å². The number of fused-ring (bicyclic) bond motifs is 2. The van der Waals surface area contributed by atoms with Crippen LogP contribution in [-0.4, -0.2) is 35.7 Å². The van der Waals surface area contributed by atoms with Gasteiger partial charge in [0, 0.05) is 0 Å². The lowest BCUT2D eigenvalue weighted by Crippen LogP contribution is -2.20. The number of nitrogens with zero attached hydrogens (tertiary/aromatic N) is 3. The predicted octanol–water partition coefficient (Wildman–Crippen LogP) is 6.93. The quantitative estimate of drug-likeness (QED) is 0.187. The molecule has 8 nitrogen and oxygen atoms in total. The minimum Gasteiger partial charge on any atom is -0.496 e. The molecule has 1 atom stereocenters. The molecular weight excluding hydrogens is 518 g/mol. The average Bonchev–Trinajstić information content (AvgIpc) is 3.39. The van der Waals surface area contributed by atoms with Crippen molar-refractivity contribution in [3.8, 4) is 28.8 Å². The van der Waals surface area contributed by atoms with Crippen LogP contribution in [-0.2, 0) is 0 Å². The van der Waals surface area contributed by atoms with E-state index in [2.05, 4.69) is 5.10 Å². The van der Waals surface area contributed by atoms with Gasteiger partial charge in [0.2, 0.25) is 5.82 Å². The molecular formula is C30H28ClN3O5. The minimum atomic E-state index is -0.341. The highest BCUT2D eigenvalue weighted by Crippen LogP contribution is 2.37. The molecule has 39 heavy (non-hydrogen) atoms. The highest BCUT2D eigenvalue weighted by atomic mass is 35.5. The molecule has 0 aliphatic heterocycles. The van der Waals surface area contributed by atoms with Gasteiger partial charge in [-0.15, -0.1) is 0 Å². The molecule has 2 aromatic heterocycles. The lowest BCUT2D eigenvalue weighted by Gasteiger charge is -2.18. The zero-order valence-electron chi connectivity index (χ0n) is 22.1. The van der Waals surface area contributed by atoms with Gasteiger partial charge in [0.05, 0.1) is 47.3 Å². The molecule has 5 rings (SSSR count). The van der Waals surface area contributed by atoms with Gasteiger partial charge in [-0.25, -0.2) is 4.98 Å². The largest absolute Gasteiger partial charge is 0.496 e. The van der Waals surface area contributed by atoms with Crippen LogP contribution in [0, 0.1) is 0 Å². The second-order valence-electron chi connectivity index (χ2n) is 8.90. The molecule has 0 saturated carbocycles. The first-order valence-electron chi connectivity index (χ1n) is 12.7. The van der Waals surface area contributed by atoms with Gasteiger partial charge in [0.1, 0.15) is 11.3 Å². The van der Waals surface area contributed by atoms with Gasteiger partial charge < -0.3 is 18.6 Å². The van der Waals surface area contributed by atoms with Crippen molar-refractivity contribution in [2.75, 3.05) is 13.7 Å². The first kappa shape index (κ1) is 26.3. The number of halogens is 1. The van der Waals surface area contributed by atoms with Gasteiger partial charge in [-0.3, -0.25) is 4.79 Å². The topological polar surface area (TPSA) is 88.1 Å². The molecule has 0 bridgehead atoms. The highest BCUT2D eigenvalue weighted by Gasteiger charge is 2.19. The first-order valence-corrected chi connectivity index (χ1v) is 13.1. The molecule has 3 aromatic carbocycles. The van der Waals surface area contributed by atoms with Crippen LogP contribution in [0.3, 0.4) is 0 Å². The van der Waals surface area contributed by atoms with E-state index in [1.807, 2.05) is 45.0 Å². The Labute approximate surface area is 230 Å². The molecule has 0 saturated heterocycles. The Hall–Kier alpha value is -4.30. The molecule has 0 amide bonds. The highest BCUT2D eigenvalue weighted by molar-refractivity contribution is 6.32. The van der Waals surface area contributed by atoms with E-state index >= 15 is 0 Å². The Kier molecular flexibility index (Phi) is 7.56. The van der Waals surface area contributed by atoms with Crippen molar-refractivity contribution in [2.45, 2.75) is 33.3 Å². The monoisotopic (exact) mass is 545 g/mol. The molecule has 0 unspecified atom stereocenters. The van der Waals surface area contributed by atoms with Gasteiger partial charge in [0.25, 0.3) is 5.56 Å². The van der Waals surface area contributed by atoms with E-state index in [1.54, 1.807) is 43.5 Å². The lowest BCUT2D eigenvalue weighted by atomic mass is 10.2. The van der Waals surface area contributed by atoms with E-state index in [1.165, 1.54) is 10.9 Å². The smallest absolute Gasteiger partial charge is 0.282 e. The molecule has 0 N–H and O–H groups in total. The number of hydrogen-bond acceptors (Lipinski definition) is 7. The van der Waals surface area contributed by atoms with Crippen LogP contribution in [0.15, 0.2) is 75.0 Å². The van der Waals surface area contributed by atoms with Gasteiger partial charge >= 0.3 is 0 Å². The van der Waals surface area contributed by atoms with Crippen molar-refractivity contribution < 1.29 is 18.6 Å². The predicted molar refractivity (Wildman–Crippen MR) is 154 cm³/mol. The number of furan rings is 1. The van der Waals surface area contributed by atoms with Gasteiger partial charge in [-0.2, -0.15) is 9.78 Å². The normalized spacial score (nSPS) is 12.3. The second kappa shape index (κ2) is 11.2. The third kappa shape index (κ3) is 5.20. The third-order valence-corrected chi connectivity index (χ3v) is 6.54. The SMILES string of the molecule is CCOc1cc(C=Nn2c(-c3cc4c(OC)cccc4o3)nc3ccccc3c2=O)cc(Cl)c1O[C@@H](C)CC. The minimum absolute atomic E-state index is 0.0338. The Balaban J connectivity index is 1.65. The maximum absolute atomic E-state index is 13.6. The van der Waals surface area contributed by atoms with Gasteiger partial charge in [0.15, 0.2) is 17.3 Å². The number of ether oxygens (including phenoxy) is 3. The van der Waals surface area contributed by atoms with E-state index in [0.717, 1.165) is 11.8 Å². The average molecular weight is 546 g/mol. The van der Waals surface area contributed by atoms with Crippen molar-refractivity contribution >= 4 is 39.7 Å². The van der Waals surface area contributed by atoms with Crippen molar-refractivity contribution in [2.24, 2.45) is 5.10 Å². The summed E-state index contributed by atoms with van der Waals surface area (Å²) >= 11 is 6.59. The zero-order valence-corrected chi connectivity index (χ0v) is 22.9. The summed E-state index contributed by atoms with van der Waals surface area (Å²) in [6.07, 6.45) is 2.32. The second-order valence-corrected chi connectivity index (χ2v) is 9.30. The van der Waals surface area contributed by atoms with Gasteiger partial charge in [-0.05, 0) is 68.3 Å². The van der Waals surface area contributed by atoms with Crippen molar-refractivity contribution in [3.63, 3.8) is 0 Å². The molecule has 9 heteroatoms. The number of benzene rings is 3. The molecule has 0 aliphatic rings.